The van der Waals surface area contributed by atoms with Crippen molar-refractivity contribution in [2.24, 2.45) is 11.8 Å². The second-order valence-corrected chi connectivity index (χ2v) is 6.06. The Morgan fingerprint density at radius 1 is 1.28 bits per heavy atom. The lowest BCUT2D eigenvalue weighted by molar-refractivity contribution is -0.927. The second kappa shape index (κ2) is 5.52. The molecule has 3 aliphatic rings. The summed E-state index contributed by atoms with van der Waals surface area (Å²) in [5.74, 6) is 0.790. The smallest absolute Gasteiger partial charge is 0.394 e. The Labute approximate surface area is 107 Å². The SMILES string of the molecule is COC(=O)C1C[N+]2(C)CCC1CC2.O=S(=O)(O)O. The van der Waals surface area contributed by atoms with E-state index in [-0.39, 0.29) is 11.9 Å². The number of ether oxygens (including phenoxy) is 1. The Balaban J connectivity index is 0.000000280. The minimum absolute atomic E-state index is 0.00810. The van der Waals surface area contributed by atoms with Crippen LogP contribution in [0.25, 0.3) is 0 Å². The number of carbonyl (C=O) groups excluding carboxylic acids is 1. The summed E-state index contributed by atoms with van der Waals surface area (Å²) in [7, 11) is -0.911. The van der Waals surface area contributed by atoms with Crippen molar-refractivity contribution in [2.75, 3.05) is 33.8 Å². The molecule has 3 rings (SSSR count). The van der Waals surface area contributed by atoms with Crippen molar-refractivity contribution in [1.82, 2.24) is 0 Å². The molecule has 1 unspecified atom stereocenters. The number of methoxy groups -OCH3 is 1. The van der Waals surface area contributed by atoms with Crippen LogP contribution in [0.4, 0.5) is 0 Å². The summed E-state index contributed by atoms with van der Waals surface area (Å²) < 4.78 is 37.5. The molecular weight excluding hydrogens is 262 g/mol. The number of rotatable bonds is 1. The molecule has 106 valence electrons. The van der Waals surface area contributed by atoms with Crippen LogP contribution in [-0.4, -0.2) is 61.8 Å². The molecule has 0 amide bonds. The lowest BCUT2D eigenvalue weighted by Crippen LogP contribution is -2.60. The van der Waals surface area contributed by atoms with Gasteiger partial charge in [-0.25, -0.2) is 0 Å². The van der Waals surface area contributed by atoms with Gasteiger partial charge in [-0.2, -0.15) is 8.42 Å². The molecule has 18 heavy (non-hydrogen) atoms. The fraction of sp³-hybridized carbons (Fsp3) is 0.900. The summed E-state index contributed by atoms with van der Waals surface area (Å²) >= 11 is 0. The lowest BCUT2D eigenvalue weighted by atomic mass is 9.77. The third-order valence-electron chi connectivity index (χ3n) is 3.79. The first-order valence-electron chi connectivity index (χ1n) is 5.76. The number of esters is 1. The number of piperidine rings is 3. The lowest BCUT2D eigenvalue weighted by Gasteiger charge is -2.49. The Morgan fingerprint density at radius 2 is 1.72 bits per heavy atom. The van der Waals surface area contributed by atoms with E-state index in [0.717, 1.165) is 11.0 Å². The Hall–Kier alpha value is -0.700. The predicted molar refractivity (Wildman–Crippen MR) is 63.2 cm³/mol. The zero-order valence-electron chi connectivity index (χ0n) is 10.6. The molecule has 7 nitrogen and oxygen atoms in total. The molecular formula is C10H20NO6S+. The van der Waals surface area contributed by atoms with Crippen LogP contribution in [0, 0.1) is 11.8 Å². The molecule has 3 heterocycles. The van der Waals surface area contributed by atoms with Gasteiger partial charge in [0.05, 0.1) is 33.8 Å². The fourth-order valence-corrected chi connectivity index (χ4v) is 2.84. The fourth-order valence-electron chi connectivity index (χ4n) is 2.84. The summed E-state index contributed by atoms with van der Waals surface area (Å²) in [4.78, 5) is 11.5. The number of hydrogen-bond donors (Lipinski definition) is 2. The van der Waals surface area contributed by atoms with E-state index < -0.39 is 10.4 Å². The van der Waals surface area contributed by atoms with Crippen LogP contribution in [0.2, 0.25) is 0 Å². The molecule has 8 heteroatoms. The molecule has 0 aromatic rings. The van der Waals surface area contributed by atoms with Crippen LogP contribution >= 0.6 is 0 Å². The van der Waals surface area contributed by atoms with Crippen LogP contribution in [0.15, 0.2) is 0 Å². The maximum atomic E-state index is 11.5. The number of carbonyl (C=O) groups is 1. The summed E-state index contributed by atoms with van der Waals surface area (Å²) in [5, 5.41) is 0. The Morgan fingerprint density at radius 3 is 2.06 bits per heavy atom. The first-order valence-corrected chi connectivity index (χ1v) is 7.15. The number of quaternary nitrogens is 1. The van der Waals surface area contributed by atoms with Gasteiger partial charge in [-0.1, -0.05) is 0 Å². The maximum absolute atomic E-state index is 11.5. The topological polar surface area (TPSA) is 101 Å². The van der Waals surface area contributed by atoms with E-state index in [9.17, 15) is 4.79 Å². The molecule has 3 saturated heterocycles. The molecule has 2 bridgehead atoms. The molecule has 1 atom stereocenters. The van der Waals surface area contributed by atoms with E-state index in [1.807, 2.05) is 0 Å². The largest absolute Gasteiger partial charge is 0.469 e. The highest BCUT2D eigenvalue weighted by Crippen LogP contribution is 2.36. The van der Waals surface area contributed by atoms with Gasteiger partial charge in [0.2, 0.25) is 0 Å². The highest BCUT2D eigenvalue weighted by atomic mass is 32.3. The van der Waals surface area contributed by atoms with E-state index in [2.05, 4.69) is 7.05 Å². The van der Waals surface area contributed by atoms with Gasteiger partial charge in [0.25, 0.3) is 0 Å². The van der Waals surface area contributed by atoms with Crippen molar-refractivity contribution in [2.45, 2.75) is 12.8 Å². The summed E-state index contributed by atoms with van der Waals surface area (Å²) in [6.07, 6.45) is 2.41. The van der Waals surface area contributed by atoms with Gasteiger partial charge in [-0.05, 0) is 5.92 Å². The molecule has 0 saturated carbocycles. The molecule has 2 N–H and O–H groups in total. The van der Waals surface area contributed by atoms with Crippen molar-refractivity contribution >= 4 is 16.4 Å². The normalized spacial score (nSPS) is 34.4. The van der Waals surface area contributed by atoms with Crippen LogP contribution in [0.3, 0.4) is 0 Å². The maximum Gasteiger partial charge on any atom is 0.394 e. The third kappa shape index (κ3) is 4.52. The van der Waals surface area contributed by atoms with E-state index in [0.29, 0.717) is 5.92 Å². The van der Waals surface area contributed by atoms with Crippen molar-refractivity contribution in [1.29, 1.82) is 0 Å². The minimum atomic E-state index is -4.67. The number of hydrogen-bond acceptors (Lipinski definition) is 4. The summed E-state index contributed by atoms with van der Waals surface area (Å²) in [5.41, 5.74) is 0. The number of nitrogens with zero attached hydrogens (tertiary/aromatic N) is 1. The van der Waals surface area contributed by atoms with E-state index in [4.69, 9.17) is 22.3 Å². The summed E-state index contributed by atoms with van der Waals surface area (Å²) in [6.45, 7) is 3.49. The first kappa shape index (κ1) is 15.4. The molecule has 3 aliphatic heterocycles. The van der Waals surface area contributed by atoms with E-state index in [1.54, 1.807) is 0 Å². The van der Waals surface area contributed by atoms with Gasteiger partial charge in [0, 0.05) is 12.8 Å². The van der Waals surface area contributed by atoms with Crippen LogP contribution in [0.5, 0.6) is 0 Å². The summed E-state index contributed by atoms with van der Waals surface area (Å²) in [6, 6.07) is 0. The van der Waals surface area contributed by atoms with Crippen molar-refractivity contribution in [3.8, 4) is 0 Å². The van der Waals surface area contributed by atoms with Crippen molar-refractivity contribution in [3.63, 3.8) is 0 Å². The van der Waals surface area contributed by atoms with Gasteiger partial charge in [0.1, 0.15) is 5.92 Å². The predicted octanol–water partition coefficient (Wildman–Crippen LogP) is -0.00700. The molecule has 0 aromatic carbocycles. The average molecular weight is 282 g/mol. The Kier molecular flexibility index (Phi) is 4.71. The van der Waals surface area contributed by atoms with Gasteiger partial charge < -0.3 is 9.22 Å². The van der Waals surface area contributed by atoms with E-state index >= 15 is 0 Å². The second-order valence-electron chi connectivity index (χ2n) is 5.16. The van der Waals surface area contributed by atoms with Gasteiger partial charge in [-0.15, -0.1) is 0 Å². The van der Waals surface area contributed by atoms with E-state index in [1.165, 1.54) is 33.0 Å². The number of fused-ring (bicyclic) bond motifs is 3. The third-order valence-corrected chi connectivity index (χ3v) is 3.79. The molecule has 0 aromatic heterocycles. The quantitative estimate of drug-likeness (QED) is 0.398. The van der Waals surface area contributed by atoms with Gasteiger partial charge in [0.15, 0.2) is 0 Å². The highest BCUT2D eigenvalue weighted by Gasteiger charge is 2.46. The van der Waals surface area contributed by atoms with Gasteiger partial charge in [-0.3, -0.25) is 13.9 Å². The molecule has 0 spiro atoms. The Bertz CT molecular complexity index is 391. The minimum Gasteiger partial charge on any atom is -0.469 e. The average Bonchev–Trinajstić information content (AvgIpc) is 2.26. The van der Waals surface area contributed by atoms with Crippen molar-refractivity contribution in [3.05, 3.63) is 0 Å². The molecule has 0 radical (unpaired) electrons. The zero-order chi connectivity index (χ0) is 14.0. The monoisotopic (exact) mass is 282 g/mol. The van der Waals surface area contributed by atoms with Gasteiger partial charge >= 0.3 is 16.4 Å². The molecule has 0 aliphatic carbocycles. The van der Waals surface area contributed by atoms with Crippen LogP contribution in [0.1, 0.15) is 12.8 Å². The first-order chi connectivity index (χ1) is 8.14. The standard InChI is InChI=1S/C10H18NO2.H2O4S/c1-11-5-3-8(4-6-11)9(7-11)10(12)13-2;1-5(2,3)4/h8-9H,3-7H2,1-2H3;(H2,1,2,3,4)/q+1;. The van der Waals surface area contributed by atoms with Crippen LogP contribution < -0.4 is 0 Å². The van der Waals surface area contributed by atoms with Crippen molar-refractivity contribution < 1.29 is 31.5 Å². The van der Waals surface area contributed by atoms with Crippen LogP contribution in [-0.2, 0) is 19.9 Å². The zero-order valence-corrected chi connectivity index (χ0v) is 11.4. The highest BCUT2D eigenvalue weighted by molar-refractivity contribution is 7.79. The molecule has 3 fully saturated rings.